The maximum absolute atomic E-state index is 9.95. The predicted octanol–water partition coefficient (Wildman–Crippen LogP) is 11.4. The first-order chi connectivity index (χ1) is 20.5. The molecule has 2 rings (SSSR count). The SMILES string of the molecule is C/C=C(C)/C=C/C=C(C)/C=C/[C@H]1C(C)=C[C@@H](O)CC1(C)C.C/C=C/C=C(C)/C=C/C=C(C)/C=C/C1=C(C)C[C@@H](O)CC1(C)C. The van der Waals surface area contributed by atoms with Crippen LogP contribution in [-0.2, 0) is 0 Å². The van der Waals surface area contributed by atoms with Crippen LogP contribution < -0.4 is 0 Å². The van der Waals surface area contributed by atoms with Gasteiger partial charge in [-0.15, -0.1) is 0 Å². The monoisotopic (exact) mass is 598 g/mol. The van der Waals surface area contributed by atoms with Crippen molar-refractivity contribution in [1.29, 1.82) is 0 Å². The molecule has 0 bridgehead atoms. The Hall–Kier alpha value is -2.94. The molecular weight excluding hydrogens is 536 g/mol. The molecule has 0 saturated carbocycles. The second kappa shape index (κ2) is 18.8. The Kier molecular flexibility index (Phi) is 16.7. The molecule has 2 nitrogen and oxygen atoms in total. The lowest BCUT2D eigenvalue weighted by Crippen LogP contribution is -2.32. The van der Waals surface area contributed by atoms with Gasteiger partial charge in [-0.3, -0.25) is 0 Å². The van der Waals surface area contributed by atoms with Gasteiger partial charge < -0.3 is 10.2 Å². The van der Waals surface area contributed by atoms with E-state index in [2.05, 4.69) is 142 Å². The molecule has 0 spiro atoms. The molecule has 0 fully saturated rings. The van der Waals surface area contributed by atoms with E-state index in [9.17, 15) is 10.2 Å². The number of rotatable bonds is 9. The third kappa shape index (κ3) is 14.2. The van der Waals surface area contributed by atoms with Crippen LogP contribution in [0.15, 0.2) is 130 Å². The first kappa shape index (κ1) is 39.1. The fraction of sp³-hybridized carbons (Fsp3) is 0.476. The molecule has 3 atom stereocenters. The topological polar surface area (TPSA) is 40.5 Å². The molecule has 242 valence electrons. The first-order valence-electron chi connectivity index (χ1n) is 16.3. The highest BCUT2D eigenvalue weighted by Gasteiger charge is 2.34. The van der Waals surface area contributed by atoms with E-state index in [0.717, 1.165) is 19.3 Å². The van der Waals surface area contributed by atoms with Crippen LogP contribution in [-0.4, -0.2) is 22.4 Å². The summed E-state index contributed by atoms with van der Waals surface area (Å²) < 4.78 is 0. The van der Waals surface area contributed by atoms with E-state index in [-0.39, 0.29) is 23.0 Å². The smallest absolute Gasteiger partial charge is 0.0729 e. The van der Waals surface area contributed by atoms with Crippen molar-refractivity contribution in [1.82, 2.24) is 0 Å². The van der Waals surface area contributed by atoms with Crippen molar-refractivity contribution in [3.05, 3.63) is 130 Å². The fourth-order valence-electron chi connectivity index (χ4n) is 6.02. The summed E-state index contributed by atoms with van der Waals surface area (Å²) in [5.74, 6) is 0.394. The molecule has 0 radical (unpaired) electrons. The second-order valence-corrected chi connectivity index (χ2v) is 14.0. The Morgan fingerprint density at radius 2 is 1.30 bits per heavy atom. The van der Waals surface area contributed by atoms with Crippen molar-refractivity contribution in [2.45, 2.75) is 115 Å². The van der Waals surface area contributed by atoms with Crippen molar-refractivity contribution in [3.63, 3.8) is 0 Å². The van der Waals surface area contributed by atoms with Crippen LogP contribution >= 0.6 is 0 Å². The van der Waals surface area contributed by atoms with Crippen molar-refractivity contribution in [3.8, 4) is 0 Å². The van der Waals surface area contributed by atoms with E-state index >= 15 is 0 Å². The average Bonchev–Trinajstić information content (AvgIpc) is 2.90. The van der Waals surface area contributed by atoms with Crippen LogP contribution in [0.2, 0.25) is 0 Å². The van der Waals surface area contributed by atoms with Crippen LogP contribution in [0, 0.1) is 16.7 Å². The molecule has 0 unspecified atom stereocenters. The van der Waals surface area contributed by atoms with Crippen molar-refractivity contribution >= 4 is 0 Å². The van der Waals surface area contributed by atoms with Gasteiger partial charge in [-0.05, 0) is 91.1 Å². The number of hydrogen-bond donors (Lipinski definition) is 2. The van der Waals surface area contributed by atoms with E-state index in [1.54, 1.807) is 0 Å². The van der Waals surface area contributed by atoms with Crippen molar-refractivity contribution < 1.29 is 10.2 Å². The largest absolute Gasteiger partial charge is 0.393 e. The minimum absolute atomic E-state index is 0.0418. The van der Waals surface area contributed by atoms with Gasteiger partial charge in [-0.25, -0.2) is 0 Å². The summed E-state index contributed by atoms with van der Waals surface area (Å²) in [4.78, 5) is 0. The standard InChI is InChI=1S/C22H32O.C20H30O/c1-7-8-10-17(2)11-9-12-18(3)13-14-21-19(4)15-20(23)16-22(21,5)6;1-7-15(2)9-8-10-16(3)11-12-19-17(4)13-18(21)14-20(19,5)6/h7-14,20,23H,15-16H2,1-6H3;7-13,18-19,21H,14H2,1-6H3/b8-7+,11-9+,14-13+,17-10+,18-12+;9-8+,12-11+,15-7+,16-10+/t20-;18-,19+/m11/s1. The van der Waals surface area contributed by atoms with Crippen LogP contribution in [0.4, 0.5) is 0 Å². The lowest BCUT2D eigenvalue weighted by atomic mass is 9.67. The molecule has 2 aliphatic rings. The van der Waals surface area contributed by atoms with E-state index < -0.39 is 0 Å². The number of allylic oxidation sites excluding steroid dienone is 20. The highest BCUT2D eigenvalue weighted by Crippen LogP contribution is 2.42. The fourth-order valence-corrected chi connectivity index (χ4v) is 6.02. The first-order valence-corrected chi connectivity index (χ1v) is 16.3. The van der Waals surface area contributed by atoms with Crippen LogP contribution in [0.1, 0.15) is 102 Å². The third-order valence-electron chi connectivity index (χ3n) is 8.51. The normalized spacial score (nSPS) is 25.5. The molecule has 0 aromatic heterocycles. The van der Waals surface area contributed by atoms with Gasteiger partial charge in [0.25, 0.3) is 0 Å². The average molecular weight is 599 g/mol. The number of aliphatic hydroxyl groups is 2. The highest BCUT2D eigenvalue weighted by molar-refractivity contribution is 5.38. The van der Waals surface area contributed by atoms with Gasteiger partial charge in [0, 0.05) is 5.92 Å². The summed E-state index contributed by atoms with van der Waals surface area (Å²) in [7, 11) is 0. The summed E-state index contributed by atoms with van der Waals surface area (Å²) in [6.45, 7) is 25.6. The van der Waals surface area contributed by atoms with Gasteiger partial charge in [0.15, 0.2) is 0 Å². The molecule has 0 saturated heterocycles. The van der Waals surface area contributed by atoms with Crippen molar-refractivity contribution in [2.75, 3.05) is 0 Å². The Balaban J connectivity index is 0.000000442. The molecule has 2 heteroatoms. The minimum atomic E-state index is -0.298. The van der Waals surface area contributed by atoms with Gasteiger partial charge in [-0.2, -0.15) is 0 Å². The van der Waals surface area contributed by atoms with Gasteiger partial charge in [0.1, 0.15) is 0 Å². The molecule has 2 aliphatic carbocycles. The van der Waals surface area contributed by atoms with Gasteiger partial charge in [0.05, 0.1) is 12.2 Å². The summed E-state index contributed by atoms with van der Waals surface area (Å²) >= 11 is 0. The van der Waals surface area contributed by atoms with Crippen LogP contribution in [0.25, 0.3) is 0 Å². The Morgan fingerprint density at radius 3 is 1.84 bits per heavy atom. The lowest BCUT2D eigenvalue weighted by molar-refractivity contribution is 0.116. The van der Waals surface area contributed by atoms with Crippen LogP contribution in [0.3, 0.4) is 0 Å². The summed E-state index contributed by atoms with van der Waals surface area (Å²) in [6, 6.07) is 0. The zero-order valence-electron chi connectivity index (χ0n) is 29.9. The summed E-state index contributed by atoms with van der Waals surface area (Å²) in [5, 5.41) is 19.8. The van der Waals surface area contributed by atoms with E-state index in [1.165, 1.54) is 39.0 Å². The number of aliphatic hydroxyl groups excluding tert-OH is 2. The molecule has 0 aromatic rings. The Labute approximate surface area is 271 Å². The van der Waals surface area contributed by atoms with E-state index in [0.29, 0.717) is 5.92 Å². The zero-order valence-corrected chi connectivity index (χ0v) is 29.9. The molecule has 0 amide bonds. The van der Waals surface area contributed by atoms with Gasteiger partial charge in [-0.1, -0.05) is 152 Å². The molecule has 2 N–H and O–H groups in total. The maximum Gasteiger partial charge on any atom is 0.0729 e. The lowest BCUT2D eigenvalue weighted by Gasteiger charge is -2.38. The van der Waals surface area contributed by atoms with Crippen molar-refractivity contribution in [2.24, 2.45) is 16.7 Å². The number of hydrogen-bond acceptors (Lipinski definition) is 2. The van der Waals surface area contributed by atoms with Crippen LogP contribution in [0.5, 0.6) is 0 Å². The molecule has 44 heavy (non-hydrogen) atoms. The van der Waals surface area contributed by atoms with Gasteiger partial charge >= 0.3 is 0 Å². The molecule has 0 aliphatic heterocycles. The molecule has 0 heterocycles. The third-order valence-corrected chi connectivity index (χ3v) is 8.51. The summed E-state index contributed by atoms with van der Waals surface area (Å²) in [5.41, 5.74) is 9.05. The highest BCUT2D eigenvalue weighted by atomic mass is 16.3. The molecule has 0 aromatic carbocycles. The van der Waals surface area contributed by atoms with E-state index in [4.69, 9.17) is 0 Å². The molecular formula is C42H62O2. The van der Waals surface area contributed by atoms with Gasteiger partial charge in [0.2, 0.25) is 0 Å². The quantitative estimate of drug-likeness (QED) is 0.205. The van der Waals surface area contributed by atoms with E-state index in [1.807, 2.05) is 32.1 Å². The second-order valence-electron chi connectivity index (χ2n) is 14.0. The maximum atomic E-state index is 9.95. The predicted molar refractivity (Wildman–Crippen MR) is 195 cm³/mol. The Bertz CT molecular complexity index is 1270. The minimum Gasteiger partial charge on any atom is -0.393 e. The Morgan fingerprint density at radius 1 is 0.750 bits per heavy atom. The zero-order chi connectivity index (χ0) is 33.5. The summed E-state index contributed by atoms with van der Waals surface area (Å²) in [6.07, 6.45) is 33.8.